The van der Waals surface area contributed by atoms with Crippen LogP contribution < -0.4 is 5.43 Å². The van der Waals surface area contributed by atoms with Gasteiger partial charge in [-0.15, -0.1) is 5.11 Å². The average molecular weight is 162 g/mol. The lowest BCUT2D eigenvalue weighted by Gasteiger charge is -1.97. The summed E-state index contributed by atoms with van der Waals surface area (Å²) in [4.78, 5) is 0. The number of amidine groups is 1. The molecule has 1 rings (SSSR count). The Labute approximate surface area is 70.8 Å². The molecule has 1 aromatic rings. The van der Waals surface area contributed by atoms with Crippen molar-refractivity contribution < 1.29 is 0 Å². The number of hydrogen-bond donors (Lipinski definition) is 2. The molecule has 0 spiro atoms. The second-order valence-corrected chi connectivity index (χ2v) is 2.14. The Morgan fingerprint density at radius 2 is 2.00 bits per heavy atom. The van der Waals surface area contributed by atoms with Crippen molar-refractivity contribution >= 4 is 5.84 Å². The molecular formula is C8H10N4. The lowest BCUT2D eigenvalue weighted by molar-refractivity contribution is 0.892. The second-order valence-electron chi connectivity index (χ2n) is 2.14. The van der Waals surface area contributed by atoms with Crippen molar-refractivity contribution in [3.63, 3.8) is 0 Å². The number of hydrazone groups is 1. The van der Waals surface area contributed by atoms with Crippen LogP contribution in [0, 0.1) is 5.53 Å². The maximum atomic E-state index is 6.85. The number of benzene rings is 1. The zero-order valence-electron chi connectivity index (χ0n) is 6.78. The first kappa shape index (κ1) is 8.39. The van der Waals surface area contributed by atoms with Crippen LogP contribution in [-0.2, 0) is 0 Å². The fraction of sp³-hybridized carbons (Fsp3) is 0.125. The van der Waals surface area contributed by atoms with Crippen molar-refractivity contribution in [3.8, 4) is 0 Å². The summed E-state index contributed by atoms with van der Waals surface area (Å²) >= 11 is 0. The van der Waals surface area contributed by atoms with Gasteiger partial charge in [0.05, 0.1) is 0 Å². The van der Waals surface area contributed by atoms with Gasteiger partial charge in [0, 0.05) is 12.6 Å². The van der Waals surface area contributed by atoms with Gasteiger partial charge in [-0.25, -0.2) is 5.53 Å². The summed E-state index contributed by atoms with van der Waals surface area (Å²) in [5.41, 5.74) is 10.3. The summed E-state index contributed by atoms with van der Waals surface area (Å²) in [5.74, 6) is 0.387. The van der Waals surface area contributed by atoms with Gasteiger partial charge in [-0.3, -0.25) is 0 Å². The van der Waals surface area contributed by atoms with E-state index in [1.54, 1.807) is 7.05 Å². The Morgan fingerprint density at radius 3 is 2.50 bits per heavy atom. The molecule has 12 heavy (non-hydrogen) atoms. The molecule has 0 aliphatic rings. The highest BCUT2D eigenvalue weighted by atomic mass is 15.3. The highest BCUT2D eigenvalue weighted by molar-refractivity contribution is 5.98. The van der Waals surface area contributed by atoms with Gasteiger partial charge >= 0.3 is 0 Å². The van der Waals surface area contributed by atoms with Crippen LogP contribution in [0.25, 0.3) is 0 Å². The summed E-state index contributed by atoms with van der Waals surface area (Å²) < 4.78 is 0. The van der Waals surface area contributed by atoms with Gasteiger partial charge in [0.25, 0.3) is 0 Å². The van der Waals surface area contributed by atoms with Gasteiger partial charge in [-0.2, -0.15) is 5.10 Å². The molecule has 0 atom stereocenters. The van der Waals surface area contributed by atoms with Crippen LogP contribution in [0.2, 0.25) is 0 Å². The lowest BCUT2D eigenvalue weighted by atomic mass is 10.2. The summed E-state index contributed by atoms with van der Waals surface area (Å²) in [6.07, 6.45) is 0. The van der Waals surface area contributed by atoms with Crippen LogP contribution in [0.15, 0.2) is 40.5 Å². The van der Waals surface area contributed by atoms with Crippen molar-refractivity contribution in [3.05, 3.63) is 35.9 Å². The molecule has 0 aliphatic carbocycles. The minimum Gasteiger partial charge on any atom is -0.311 e. The van der Waals surface area contributed by atoms with Gasteiger partial charge in [0.15, 0.2) is 5.84 Å². The van der Waals surface area contributed by atoms with Gasteiger partial charge in [0.2, 0.25) is 0 Å². The molecule has 1 aromatic carbocycles. The van der Waals surface area contributed by atoms with E-state index < -0.39 is 0 Å². The van der Waals surface area contributed by atoms with Crippen LogP contribution in [0.5, 0.6) is 0 Å². The fourth-order valence-electron chi connectivity index (χ4n) is 0.847. The molecule has 0 saturated heterocycles. The first-order valence-corrected chi connectivity index (χ1v) is 3.56. The van der Waals surface area contributed by atoms with Crippen LogP contribution in [-0.4, -0.2) is 12.9 Å². The first-order chi connectivity index (χ1) is 5.88. The highest BCUT2D eigenvalue weighted by Gasteiger charge is 1.98. The minimum absolute atomic E-state index is 0.387. The topological polar surface area (TPSA) is 60.6 Å². The van der Waals surface area contributed by atoms with Crippen LogP contribution in [0.4, 0.5) is 0 Å². The molecule has 0 bridgehead atoms. The fourth-order valence-corrected chi connectivity index (χ4v) is 0.847. The van der Waals surface area contributed by atoms with E-state index in [9.17, 15) is 0 Å². The molecule has 0 heterocycles. The van der Waals surface area contributed by atoms with E-state index in [4.69, 9.17) is 5.53 Å². The van der Waals surface area contributed by atoms with Crippen molar-refractivity contribution in [1.29, 1.82) is 5.53 Å². The number of hydrogen-bond acceptors (Lipinski definition) is 3. The average Bonchev–Trinajstić information content (AvgIpc) is 2.15. The molecule has 0 radical (unpaired) electrons. The lowest BCUT2D eigenvalue weighted by Crippen LogP contribution is -2.03. The Kier molecular flexibility index (Phi) is 2.95. The van der Waals surface area contributed by atoms with Gasteiger partial charge < -0.3 is 5.43 Å². The minimum atomic E-state index is 0.387. The SMILES string of the molecule is CN/N=C(\N=N)c1ccccc1. The third-order valence-electron chi connectivity index (χ3n) is 1.36. The molecule has 62 valence electrons. The molecule has 0 saturated carbocycles. The zero-order valence-corrected chi connectivity index (χ0v) is 6.78. The van der Waals surface area contributed by atoms with Crippen molar-refractivity contribution in [2.24, 2.45) is 10.2 Å². The van der Waals surface area contributed by atoms with Crippen molar-refractivity contribution in [1.82, 2.24) is 5.43 Å². The Balaban J connectivity index is 2.96. The van der Waals surface area contributed by atoms with Gasteiger partial charge in [0.1, 0.15) is 0 Å². The maximum absolute atomic E-state index is 6.85. The largest absolute Gasteiger partial charge is 0.311 e. The van der Waals surface area contributed by atoms with E-state index in [0.29, 0.717) is 5.84 Å². The summed E-state index contributed by atoms with van der Waals surface area (Å²) in [6, 6.07) is 9.38. The standard InChI is InChI=1S/C8H10N4/c1-10-12-8(11-9)7-5-3-2-4-6-7/h2-6,9-10H,1H3/b11-9?,12-8-. The van der Waals surface area contributed by atoms with Crippen molar-refractivity contribution in [2.45, 2.75) is 0 Å². The van der Waals surface area contributed by atoms with Gasteiger partial charge in [-0.05, 0) is 0 Å². The second kappa shape index (κ2) is 4.23. The monoisotopic (exact) mass is 162 g/mol. The first-order valence-electron chi connectivity index (χ1n) is 3.56. The van der Waals surface area contributed by atoms with E-state index in [1.807, 2.05) is 30.3 Å². The molecule has 0 fully saturated rings. The normalized spacial score (nSPS) is 10.9. The van der Waals surface area contributed by atoms with E-state index >= 15 is 0 Å². The molecule has 0 amide bonds. The summed E-state index contributed by atoms with van der Waals surface area (Å²) in [6.45, 7) is 0. The summed E-state index contributed by atoms with van der Waals surface area (Å²) in [5, 5.41) is 7.11. The predicted molar refractivity (Wildman–Crippen MR) is 47.2 cm³/mol. The molecule has 0 aromatic heterocycles. The zero-order chi connectivity index (χ0) is 8.81. The molecule has 4 nitrogen and oxygen atoms in total. The Bertz CT molecular complexity index is 278. The molecule has 0 aliphatic heterocycles. The predicted octanol–water partition coefficient (Wildman–Crippen LogP) is 1.60. The van der Waals surface area contributed by atoms with Gasteiger partial charge in [-0.1, -0.05) is 30.3 Å². The smallest absolute Gasteiger partial charge is 0.200 e. The molecular weight excluding hydrogens is 152 g/mol. The van der Waals surface area contributed by atoms with E-state index in [0.717, 1.165) is 5.56 Å². The van der Waals surface area contributed by atoms with Crippen molar-refractivity contribution in [2.75, 3.05) is 7.05 Å². The van der Waals surface area contributed by atoms with E-state index in [1.165, 1.54) is 0 Å². The third-order valence-corrected chi connectivity index (χ3v) is 1.36. The number of nitrogens with zero attached hydrogens (tertiary/aromatic N) is 2. The quantitative estimate of drug-likeness (QED) is 0.295. The maximum Gasteiger partial charge on any atom is 0.200 e. The van der Waals surface area contributed by atoms with Crippen LogP contribution in [0.1, 0.15) is 5.56 Å². The molecule has 0 unspecified atom stereocenters. The number of rotatable bonds is 2. The Hall–Kier alpha value is -1.71. The molecule has 2 N–H and O–H groups in total. The van der Waals surface area contributed by atoms with Crippen LogP contribution >= 0.6 is 0 Å². The third kappa shape index (κ3) is 1.88. The van der Waals surface area contributed by atoms with E-state index in [2.05, 4.69) is 15.6 Å². The highest BCUT2D eigenvalue weighted by Crippen LogP contribution is 2.00. The summed E-state index contributed by atoms with van der Waals surface area (Å²) in [7, 11) is 1.67. The molecule has 4 heteroatoms. The van der Waals surface area contributed by atoms with Crippen LogP contribution in [0.3, 0.4) is 0 Å². The number of nitrogens with one attached hydrogen (secondary N) is 2. The van der Waals surface area contributed by atoms with E-state index in [-0.39, 0.29) is 0 Å². The Morgan fingerprint density at radius 1 is 1.33 bits per heavy atom.